The van der Waals surface area contributed by atoms with Gasteiger partial charge in [0.1, 0.15) is 6.67 Å². The number of rotatable bonds is 4. The molecule has 0 unspecified atom stereocenters. The molecular weight excluding hydrogens is 147 g/mol. The van der Waals surface area contributed by atoms with Crippen LogP contribution in [0, 0.1) is 5.92 Å². The van der Waals surface area contributed by atoms with Crippen LogP contribution in [-0.2, 0) is 4.79 Å². The first-order valence-electron chi connectivity index (χ1n) is 3.68. The molecule has 0 rings (SSSR count). The largest absolute Gasteiger partial charge is 0.352 e. The number of halogens is 1. The summed E-state index contributed by atoms with van der Waals surface area (Å²) >= 11 is 0. The molecule has 0 bridgehead atoms. The molecule has 0 radical (unpaired) electrons. The maximum Gasteiger partial charge on any atom is 0.237 e. The molecule has 4 heteroatoms. The van der Waals surface area contributed by atoms with Crippen LogP contribution in [0.3, 0.4) is 0 Å². The Labute approximate surface area is 66.1 Å². The molecule has 0 aromatic carbocycles. The number of hydrogen-bond acceptors (Lipinski definition) is 2. The summed E-state index contributed by atoms with van der Waals surface area (Å²) < 4.78 is 11.6. The maximum absolute atomic E-state index is 11.6. The van der Waals surface area contributed by atoms with Gasteiger partial charge in [-0.1, -0.05) is 13.8 Å². The molecular formula is C7H15FN2O. The summed E-state index contributed by atoms with van der Waals surface area (Å²) in [4.78, 5) is 10.9. The molecule has 0 aliphatic rings. The fraction of sp³-hybridized carbons (Fsp3) is 0.857. The third-order valence-electron chi connectivity index (χ3n) is 1.41. The summed E-state index contributed by atoms with van der Waals surface area (Å²) in [5, 5.41) is 2.37. The summed E-state index contributed by atoms with van der Waals surface area (Å²) in [5.74, 6) is -0.188. The second kappa shape index (κ2) is 5.07. The number of carbonyl (C=O) groups excluding carboxylic acids is 1. The average Bonchev–Trinajstić information content (AvgIpc) is 1.98. The molecule has 1 atom stereocenters. The van der Waals surface area contributed by atoms with E-state index < -0.39 is 12.7 Å². The first-order chi connectivity index (χ1) is 5.09. The number of hydrogen-bond donors (Lipinski definition) is 2. The molecule has 0 aliphatic heterocycles. The average molecular weight is 162 g/mol. The Bertz CT molecular complexity index is 128. The molecule has 0 aromatic rings. The summed E-state index contributed by atoms with van der Waals surface area (Å²) in [6.45, 7) is 3.20. The fourth-order valence-electron chi connectivity index (χ4n) is 0.591. The van der Waals surface area contributed by atoms with Gasteiger partial charge in [-0.3, -0.25) is 4.79 Å². The summed E-state index contributed by atoms with van der Waals surface area (Å²) in [7, 11) is 0. The van der Waals surface area contributed by atoms with Gasteiger partial charge < -0.3 is 11.1 Å². The van der Waals surface area contributed by atoms with Crippen molar-refractivity contribution in [1.82, 2.24) is 5.32 Å². The van der Waals surface area contributed by atoms with Crippen molar-refractivity contribution in [1.29, 1.82) is 0 Å². The Kier molecular flexibility index (Phi) is 4.77. The fourth-order valence-corrected chi connectivity index (χ4v) is 0.591. The van der Waals surface area contributed by atoms with Gasteiger partial charge in [0.05, 0.1) is 6.04 Å². The Balaban J connectivity index is 3.64. The number of carbonyl (C=O) groups is 1. The summed E-state index contributed by atoms with van der Waals surface area (Å²) in [6, 6.07) is -0.526. The molecule has 0 fully saturated rings. The Morgan fingerprint density at radius 2 is 2.18 bits per heavy atom. The summed E-state index contributed by atoms with van der Waals surface area (Å²) in [5.41, 5.74) is 5.47. The zero-order chi connectivity index (χ0) is 8.85. The third-order valence-corrected chi connectivity index (χ3v) is 1.41. The van der Waals surface area contributed by atoms with Crippen LogP contribution in [0.15, 0.2) is 0 Å². The zero-order valence-corrected chi connectivity index (χ0v) is 6.93. The molecule has 3 N–H and O–H groups in total. The Morgan fingerprint density at radius 1 is 1.64 bits per heavy atom. The molecule has 66 valence electrons. The van der Waals surface area contributed by atoms with Gasteiger partial charge in [-0.05, 0) is 5.92 Å². The van der Waals surface area contributed by atoms with Crippen LogP contribution in [0.2, 0.25) is 0 Å². The van der Waals surface area contributed by atoms with Crippen LogP contribution in [0.1, 0.15) is 13.8 Å². The van der Waals surface area contributed by atoms with E-state index in [1.54, 1.807) is 0 Å². The highest BCUT2D eigenvalue weighted by molar-refractivity contribution is 5.81. The molecule has 0 saturated heterocycles. The van der Waals surface area contributed by atoms with E-state index in [9.17, 15) is 9.18 Å². The van der Waals surface area contributed by atoms with Crippen LogP contribution >= 0.6 is 0 Å². The first-order valence-corrected chi connectivity index (χ1v) is 3.68. The molecule has 3 nitrogen and oxygen atoms in total. The lowest BCUT2D eigenvalue weighted by Crippen LogP contribution is -2.44. The van der Waals surface area contributed by atoms with E-state index in [2.05, 4.69) is 5.32 Å². The van der Waals surface area contributed by atoms with Gasteiger partial charge in [0, 0.05) is 6.54 Å². The topological polar surface area (TPSA) is 55.1 Å². The third kappa shape index (κ3) is 3.93. The normalized spacial score (nSPS) is 13.2. The lowest BCUT2D eigenvalue weighted by Gasteiger charge is -2.14. The lowest BCUT2D eigenvalue weighted by molar-refractivity contribution is -0.123. The molecule has 0 saturated carbocycles. The zero-order valence-electron chi connectivity index (χ0n) is 6.93. The van der Waals surface area contributed by atoms with Crippen molar-refractivity contribution in [3.63, 3.8) is 0 Å². The van der Waals surface area contributed by atoms with Crippen molar-refractivity contribution in [3.05, 3.63) is 0 Å². The number of nitrogens with one attached hydrogen (secondary N) is 1. The van der Waals surface area contributed by atoms with Gasteiger partial charge in [-0.2, -0.15) is 0 Å². The van der Waals surface area contributed by atoms with Gasteiger partial charge in [-0.25, -0.2) is 4.39 Å². The molecule has 0 aliphatic carbocycles. The van der Waals surface area contributed by atoms with Gasteiger partial charge >= 0.3 is 0 Å². The van der Waals surface area contributed by atoms with E-state index in [1.807, 2.05) is 13.8 Å². The van der Waals surface area contributed by atoms with Crippen molar-refractivity contribution in [2.24, 2.45) is 11.7 Å². The Morgan fingerprint density at radius 3 is 2.55 bits per heavy atom. The summed E-state index contributed by atoms with van der Waals surface area (Å²) in [6.07, 6.45) is 0. The van der Waals surface area contributed by atoms with Crippen LogP contribution in [0.5, 0.6) is 0 Å². The van der Waals surface area contributed by atoms with E-state index in [4.69, 9.17) is 5.73 Å². The minimum atomic E-state index is -0.545. The van der Waals surface area contributed by atoms with Crippen LogP contribution in [0.25, 0.3) is 0 Å². The Hall–Kier alpha value is -0.640. The van der Waals surface area contributed by atoms with Gasteiger partial charge in [-0.15, -0.1) is 0 Å². The lowest BCUT2D eigenvalue weighted by atomic mass is 10.1. The van der Waals surface area contributed by atoms with Crippen molar-refractivity contribution in [2.75, 3.05) is 13.2 Å². The highest BCUT2D eigenvalue weighted by Crippen LogP contribution is 1.96. The van der Waals surface area contributed by atoms with Crippen molar-refractivity contribution in [3.8, 4) is 0 Å². The maximum atomic E-state index is 11.6. The van der Waals surface area contributed by atoms with E-state index in [0.717, 1.165) is 0 Å². The van der Waals surface area contributed by atoms with Gasteiger partial charge in [0.25, 0.3) is 0 Å². The minimum absolute atomic E-state index is 0.0548. The number of nitrogens with two attached hydrogens (primary N) is 1. The van der Waals surface area contributed by atoms with Gasteiger partial charge in [0.15, 0.2) is 0 Å². The van der Waals surface area contributed by atoms with Crippen LogP contribution in [-0.4, -0.2) is 25.2 Å². The quantitative estimate of drug-likeness (QED) is 0.614. The predicted molar refractivity (Wildman–Crippen MR) is 41.8 cm³/mol. The van der Waals surface area contributed by atoms with E-state index in [1.165, 1.54) is 0 Å². The van der Waals surface area contributed by atoms with Crippen molar-refractivity contribution >= 4 is 5.91 Å². The van der Waals surface area contributed by atoms with Gasteiger partial charge in [0.2, 0.25) is 5.91 Å². The number of alkyl halides is 1. The SMILES string of the molecule is CC(C)[C@H](N)C(=O)NCCF. The van der Waals surface area contributed by atoms with Crippen molar-refractivity contribution in [2.45, 2.75) is 19.9 Å². The minimum Gasteiger partial charge on any atom is -0.352 e. The molecule has 0 spiro atoms. The van der Waals surface area contributed by atoms with Crippen molar-refractivity contribution < 1.29 is 9.18 Å². The second-order valence-electron chi connectivity index (χ2n) is 2.75. The first kappa shape index (κ1) is 10.4. The van der Waals surface area contributed by atoms with E-state index >= 15 is 0 Å². The van der Waals surface area contributed by atoms with Crippen LogP contribution < -0.4 is 11.1 Å². The van der Waals surface area contributed by atoms with E-state index in [-0.39, 0.29) is 18.4 Å². The molecule has 0 aromatic heterocycles. The number of amides is 1. The highest BCUT2D eigenvalue weighted by atomic mass is 19.1. The second-order valence-corrected chi connectivity index (χ2v) is 2.75. The standard InChI is InChI=1S/C7H15FN2O/c1-5(2)6(9)7(11)10-4-3-8/h5-6H,3-4,9H2,1-2H3,(H,10,11)/t6-/m0/s1. The molecule has 11 heavy (non-hydrogen) atoms. The molecule has 0 heterocycles. The van der Waals surface area contributed by atoms with E-state index in [0.29, 0.717) is 0 Å². The van der Waals surface area contributed by atoms with Crippen LogP contribution in [0.4, 0.5) is 4.39 Å². The predicted octanol–water partition coefficient (Wildman–Crippen LogP) is 0.0554. The highest BCUT2D eigenvalue weighted by Gasteiger charge is 2.15. The monoisotopic (exact) mass is 162 g/mol. The smallest absolute Gasteiger partial charge is 0.237 e. The molecule has 1 amide bonds.